The maximum absolute atomic E-state index is 11.6. The van der Waals surface area contributed by atoms with Gasteiger partial charge in [0.15, 0.2) is 0 Å². The summed E-state index contributed by atoms with van der Waals surface area (Å²) in [6.45, 7) is 3.34. The van der Waals surface area contributed by atoms with Crippen molar-refractivity contribution in [1.29, 1.82) is 0 Å². The van der Waals surface area contributed by atoms with Gasteiger partial charge in [-0.05, 0) is 25.8 Å². The lowest BCUT2D eigenvalue weighted by Gasteiger charge is -2.29. The molecule has 0 spiro atoms. The molecule has 0 radical (unpaired) electrons. The Hall–Kier alpha value is -0.940. The smallest absolute Gasteiger partial charge is 0.234 e. The van der Waals surface area contributed by atoms with E-state index < -0.39 is 0 Å². The van der Waals surface area contributed by atoms with Gasteiger partial charge in [0.1, 0.15) is 6.29 Å². The number of methoxy groups -OCH3 is 1. The van der Waals surface area contributed by atoms with E-state index in [1.807, 2.05) is 4.90 Å². The fourth-order valence-corrected chi connectivity index (χ4v) is 2.05. The molecule has 5 heteroatoms. The monoisotopic (exact) mass is 242 g/mol. The third-order valence-electron chi connectivity index (χ3n) is 2.95. The predicted octanol–water partition coefficient (Wildman–Crippen LogP) is 0.0500. The molecule has 1 saturated heterocycles. The van der Waals surface area contributed by atoms with Crippen LogP contribution in [-0.4, -0.2) is 57.0 Å². The van der Waals surface area contributed by atoms with Gasteiger partial charge in [0, 0.05) is 32.7 Å². The lowest BCUT2D eigenvalue weighted by molar-refractivity contribution is -0.123. The summed E-state index contributed by atoms with van der Waals surface area (Å²) in [4.78, 5) is 24.3. The Kier molecular flexibility index (Phi) is 6.81. The minimum Gasteiger partial charge on any atom is -0.385 e. The van der Waals surface area contributed by atoms with Gasteiger partial charge in [-0.1, -0.05) is 0 Å². The molecule has 1 aliphatic rings. The summed E-state index contributed by atoms with van der Waals surface area (Å²) in [5.74, 6) is 0.137. The SMILES string of the molecule is COCCCNC(=O)CN1CCCC(C=O)C1. The number of aldehydes is 1. The van der Waals surface area contributed by atoms with Crippen LogP contribution in [0, 0.1) is 5.92 Å². The third-order valence-corrected chi connectivity index (χ3v) is 2.95. The van der Waals surface area contributed by atoms with Crippen LogP contribution in [0.15, 0.2) is 0 Å². The van der Waals surface area contributed by atoms with Crippen LogP contribution >= 0.6 is 0 Å². The molecule has 1 N–H and O–H groups in total. The van der Waals surface area contributed by atoms with Crippen molar-refractivity contribution >= 4 is 12.2 Å². The molecular formula is C12H22N2O3. The first-order chi connectivity index (χ1) is 8.26. The second-order valence-corrected chi connectivity index (χ2v) is 4.47. The van der Waals surface area contributed by atoms with Crippen molar-refractivity contribution in [3.8, 4) is 0 Å². The molecule has 0 aromatic carbocycles. The number of piperidine rings is 1. The Bertz CT molecular complexity index is 246. The molecule has 5 nitrogen and oxygen atoms in total. The number of nitrogens with one attached hydrogen (secondary N) is 1. The van der Waals surface area contributed by atoms with Crippen molar-refractivity contribution in [3.05, 3.63) is 0 Å². The zero-order valence-electron chi connectivity index (χ0n) is 10.5. The molecule has 1 atom stereocenters. The number of hydrogen-bond donors (Lipinski definition) is 1. The molecule has 0 aromatic rings. The van der Waals surface area contributed by atoms with Crippen LogP contribution in [0.4, 0.5) is 0 Å². The quantitative estimate of drug-likeness (QED) is 0.506. The van der Waals surface area contributed by atoms with Gasteiger partial charge in [-0.25, -0.2) is 0 Å². The van der Waals surface area contributed by atoms with Gasteiger partial charge in [0.05, 0.1) is 6.54 Å². The molecule has 0 aromatic heterocycles. The van der Waals surface area contributed by atoms with Crippen molar-refractivity contribution in [2.24, 2.45) is 5.92 Å². The fourth-order valence-electron chi connectivity index (χ4n) is 2.05. The predicted molar refractivity (Wildman–Crippen MR) is 64.7 cm³/mol. The minimum atomic E-state index is 0.0349. The number of amides is 1. The topological polar surface area (TPSA) is 58.6 Å². The van der Waals surface area contributed by atoms with E-state index in [1.54, 1.807) is 7.11 Å². The number of ether oxygens (including phenoxy) is 1. The van der Waals surface area contributed by atoms with Crippen molar-refractivity contribution in [2.45, 2.75) is 19.3 Å². The van der Waals surface area contributed by atoms with Crippen molar-refractivity contribution in [2.75, 3.05) is 39.9 Å². The molecule has 1 rings (SSSR count). The maximum atomic E-state index is 11.6. The van der Waals surface area contributed by atoms with Crippen LogP contribution in [0.3, 0.4) is 0 Å². The normalized spacial score (nSPS) is 21.1. The first-order valence-electron chi connectivity index (χ1n) is 6.19. The Morgan fingerprint density at radius 3 is 3.12 bits per heavy atom. The van der Waals surface area contributed by atoms with Crippen molar-refractivity contribution in [1.82, 2.24) is 10.2 Å². The van der Waals surface area contributed by atoms with Crippen molar-refractivity contribution < 1.29 is 14.3 Å². The third kappa shape index (κ3) is 5.79. The van der Waals surface area contributed by atoms with Gasteiger partial charge in [0.25, 0.3) is 0 Å². The highest BCUT2D eigenvalue weighted by Crippen LogP contribution is 2.13. The van der Waals surface area contributed by atoms with E-state index in [2.05, 4.69) is 5.32 Å². The van der Waals surface area contributed by atoms with E-state index in [-0.39, 0.29) is 11.8 Å². The lowest BCUT2D eigenvalue weighted by Crippen LogP contribution is -2.43. The zero-order chi connectivity index (χ0) is 12.5. The summed E-state index contributed by atoms with van der Waals surface area (Å²) in [5.41, 5.74) is 0. The largest absolute Gasteiger partial charge is 0.385 e. The Morgan fingerprint density at radius 2 is 2.41 bits per heavy atom. The number of rotatable bonds is 7. The van der Waals surface area contributed by atoms with Gasteiger partial charge in [-0.2, -0.15) is 0 Å². The second kappa shape index (κ2) is 8.20. The van der Waals surface area contributed by atoms with E-state index in [4.69, 9.17) is 4.74 Å². The van der Waals surface area contributed by atoms with Gasteiger partial charge in [0.2, 0.25) is 5.91 Å². The highest BCUT2D eigenvalue weighted by atomic mass is 16.5. The van der Waals surface area contributed by atoms with Gasteiger partial charge < -0.3 is 14.8 Å². The van der Waals surface area contributed by atoms with E-state index in [0.717, 1.165) is 38.6 Å². The van der Waals surface area contributed by atoms with Crippen LogP contribution in [-0.2, 0) is 14.3 Å². The summed E-state index contributed by atoms with van der Waals surface area (Å²) in [6.07, 6.45) is 3.79. The van der Waals surface area contributed by atoms with Gasteiger partial charge in [-0.15, -0.1) is 0 Å². The summed E-state index contributed by atoms with van der Waals surface area (Å²) in [6, 6.07) is 0. The second-order valence-electron chi connectivity index (χ2n) is 4.47. The summed E-state index contributed by atoms with van der Waals surface area (Å²) in [5, 5.41) is 2.85. The standard InChI is InChI=1S/C12H22N2O3/c1-17-7-3-5-13-12(16)9-14-6-2-4-11(8-14)10-15/h10-11H,2-9H2,1H3,(H,13,16). The number of likely N-dealkylation sites (tertiary alicyclic amines) is 1. The van der Waals surface area contributed by atoms with E-state index in [9.17, 15) is 9.59 Å². The molecular weight excluding hydrogens is 220 g/mol. The minimum absolute atomic E-state index is 0.0349. The Balaban J connectivity index is 2.14. The Labute approximate surface area is 102 Å². The molecule has 1 fully saturated rings. The molecule has 0 saturated carbocycles. The average molecular weight is 242 g/mol. The van der Waals surface area contributed by atoms with Gasteiger partial charge in [-0.3, -0.25) is 9.69 Å². The van der Waals surface area contributed by atoms with E-state index in [1.165, 1.54) is 0 Å². The van der Waals surface area contributed by atoms with Crippen LogP contribution in [0.25, 0.3) is 0 Å². The molecule has 0 aliphatic carbocycles. The number of hydrogen-bond acceptors (Lipinski definition) is 4. The van der Waals surface area contributed by atoms with E-state index >= 15 is 0 Å². The fraction of sp³-hybridized carbons (Fsp3) is 0.833. The summed E-state index contributed by atoms with van der Waals surface area (Å²) >= 11 is 0. The first kappa shape index (κ1) is 14.1. The Morgan fingerprint density at radius 1 is 1.59 bits per heavy atom. The maximum Gasteiger partial charge on any atom is 0.234 e. The van der Waals surface area contributed by atoms with Crippen LogP contribution in [0.2, 0.25) is 0 Å². The average Bonchev–Trinajstić information content (AvgIpc) is 2.35. The van der Waals surface area contributed by atoms with Crippen LogP contribution < -0.4 is 5.32 Å². The van der Waals surface area contributed by atoms with Gasteiger partial charge >= 0.3 is 0 Å². The molecule has 1 unspecified atom stereocenters. The van der Waals surface area contributed by atoms with Crippen LogP contribution in [0.1, 0.15) is 19.3 Å². The molecule has 17 heavy (non-hydrogen) atoms. The highest BCUT2D eigenvalue weighted by molar-refractivity contribution is 5.78. The van der Waals surface area contributed by atoms with Crippen molar-refractivity contribution in [3.63, 3.8) is 0 Å². The highest BCUT2D eigenvalue weighted by Gasteiger charge is 2.20. The number of nitrogens with zero attached hydrogens (tertiary/aromatic N) is 1. The zero-order valence-corrected chi connectivity index (χ0v) is 10.5. The number of carbonyl (C=O) groups is 2. The molecule has 1 aliphatic heterocycles. The lowest BCUT2D eigenvalue weighted by atomic mass is 10.00. The van der Waals surface area contributed by atoms with Crippen LogP contribution in [0.5, 0.6) is 0 Å². The molecule has 1 heterocycles. The summed E-state index contributed by atoms with van der Waals surface area (Å²) < 4.78 is 4.90. The molecule has 1 amide bonds. The summed E-state index contributed by atoms with van der Waals surface area (Å²) in [7, 11) is 1.65. The molecule has 0 bridgehead atoms. The molecule has 98 valence electrons. The first-order valence-corrected chi connectivity index (χ1v) is 6.19. The number of carbonyl (C=O) groups excluding carboxylic acids is 2. The van der Waals surface area contributed by atoms with E-state index in [0.29, 0.717) is 19.7 Å².